The molecule has 6 nitrogen and oxygen atoms in total. The lowest BCUT2D eigenvalue weighted by Crippen LogP contribution is -2.49. The number of rotatable bonds is 6. The first-order valence-corrected chi connectivity index (χ1v) is 10.9. The highest BCUT2D eigenvalue weighted by molar-refractivity contribution is 6.30. The van der Waals surface area contributed by atoms with E-state index in [-0.39, 0.29) is 10.9 Å². The highest BCUT2D eigenvalue weighted by Crippen LogP contribution is 2.29. The monoisotopic (exact) mass is 432 g/mol. The number of aromatic nitrogens is 2. The van der Waals surface area contributed by atoms with E-state index in [1.165, 1.54) is 50.2 Å². The van der Waals surface area contributed by atoms with Gasteiger partial charge in [-0.1, -0.05) is 37.3 Å². The van der Waals surface area contributed by atoms with Gasteiger partial charge in [-0.15, -0.1) is 0 Å². The van der Waals surface area contributed by atoms with Gasteiger partial charge in [0.2, 0.25) is 11.8 Å². The van der Waals surface area contributed by atoms with Crippen molar-refractivity contribution in [3.8, 4) is 11.6 Å². The van der Waals surface area contributed by atoms with E-state index < -0.39 is 5.82 Å². The van der Waals surface area contributed by atoms with Gasteiger partial charge in [0.25, 0.3) is 0 Å². The molecule has 1 aromatic carbocycles. The Morgan fingerprint density at radius 3 is 2.63 bits per heavy atom. The van der Waals surface area contributed by atoms with Gasteiger partial charge < -0.3 is 14.5 Å². The standard InChI is InChI=1S/C22H26ClFN4O2/c23-18-13-17(6-7-19(18)24)30-21-14-20(25-15-26-21)27-9-11-28(12-10-27)22(29)8-5-16-3-1-2-4-16/h6-7,13-16H,1-5,8-12H2. The van der Waals surface area contributed by atoms with Gasteiger partial charge in [0.1, 0.15) is 23.7 Å². The summed E-state index contributed by atoms with van der Waals surface area (Å²) in [6.07, 6.45) is 8.32. The molecule has 0 N–H and O–H groups in total. The number of carbonyl (C=O) groups is 1. The number of benzene rings is 1. The fraction of sp³-hybridized carbons (Fsp3) is 0.500. The Balaban J connectivity index is 1.30. The Bertz CT molecular complexity index is 883. The maximum atomic E-state index is 13.3. The third-order valence-electron chi connectivity index (χ3n) is 5.94. The maximum absolute atomic E-state index is 13.3. The first-order valence-electron chi connectivity index (χ1n) is 10.6. The van der Waals surface area contributed by atoms with E-state index in [1.54, 1.807) is 6.07 Å². The lowest BCUT2D eigenvalue weighted by molar-refractivity contribution is -0.131. The predicted molar refractivity (Wildman–Crippen MR) is 114 cm³/mol. The molecule has 4 rings (SSSR count). The number of ether oxygens (including phenoxy) is 1. The Hall–Kier alpha value is -2.41. The van der Waals surface area contributed by atoms with E-state index in [0.29, 0.717) is 44.2 Å². The number of halogens is 2. The molecule has 2 heterocycles. The summed E-state index contributed by atoms with van der Waals surface area (Å²) in [6.45, 7) is 2.82. The van der Waals surface area contributed by atoms with Gasteiger partial charge in [-0.05, 0) is 24.5 Å². The molecule has 1 amide bonds. The number of piperazine rings is 1. The molecular formula is C22H26ClFN4O2. The molecule has 2 aliphatic rings. The zero-order valence-electron chi connectivity index (χ0n) is 16.9. The van der Waals surface area contributed by atoms with Gasteiger partial charge >= 0.3 is 0 Å². The van der Waals surface area contributed by atoms with Crippen molar-refractivity contribution >= 4 is 23.3 Å². The summed E-state index contributed by atoms with van der Waals surface area (Å²) in [5, 5.41) is -0.00417. The molecule has 0 spiro atoms. The molecule has 2 fully saturated rings. The molecule has 1 aliphatic carbocycles. The molecule has 160 valence electrons. The fourth-order valence-corrected chi connectivity index (χ4v) is 4.36. The first-order chi connectivity index (χ1) is 14.6. The van der Waals surface area contributed by atoms with Crippen molar-refractivity contribution in [1.29, 1.82) is 0 Å². The van der Waals surface area contributed by atoms with Gasteiger partial charge in [0, 0.05) is 44.7 Å². The smallest absolute Gasteiger partial charge is 0.224 e. The minimum absolute atomic E-state index is 0.00417. The van der Waals surface area contributed by atoms with Crippen LogP contribution in [-0.2, 0) is 4.79 Å². The number of nitrogens with zero attached hydrogens (tertiary/aromatic N) is 4. The van der Waals surface area contributed by atoms with Crippen LogP contribution in [0.3, 0.4) is 0 Å². The van der Waals surface area contributed by atoms with E-state index in [1.807, 2.05) is 4.90 Å². The second-order valence-corrected chi connectivity index (χ2v) is 8.36. The number of anilines is 1. The molecule has 0 bridgehead atoms. The van der Waals surface area contributed by atoms with Crippen molar-refractivity contribution in [3.05, 3.63) is 41.4 Å². The minimum Gasteiger partial charge on any atom is -0.439 e. The van der Waals surface area contributed by atoms with Crippen LogP contribution in [0.4, 0.5) is 10.2 Å². The average molecular weight is 433 g/mol. The molecule has 8 heteroatoms. The second kappa shape index (κ2) is 9.60. The summed E-state index contributed by atoms with van der Waals surface area (Å²) in [4.78, 5) is 25.1. The van der Waals surface area contributed by atoms with Crippen LogP contribution in [0, 0.1) is 11.7 Å². The van der Waals surface area contributed by atoms with Crippen molar-refractivity contribution in [1.82, 2.24) is 14.9 Å². The number of hydrogen-bond acceptors (Lipinski definition) is 5. The Kier molecular flexibility index (Phi) is 6.67. The van der Waals surface area contributed by atoms with E-state index in [4.69, 9.17) is 16.3 Å². The predicted octanol–water partition coefficient (Wildman–Crippen LogP) is 4.68. The Morgan fingerprint density at radius 2 is 1.90 bits per heavy atom. The summed E-state index contributed by atoms with van der Waals surface area (Å²) >= 11 is 5.80. The van der Waals surface area contributed by atoms with Crippen molar-refractivity contribution in [2.45, 2.75) is 38.5 Å². The van der Waals surface area contributed by atoms with Crippen molar-refractivity contribution in [2.75, 3.05) is 31.1 Å². The molecule has 1 saturated heterocycles. The zero-order chi connectivity index (χ0) is 20.9. The molecule has 1 aromatic heterocycles. The van der Waals surface area contributed by atoms with Crippen LogP contribution in [-0.4, -0.2) is 47.0 Å². The normalized spacial score (nSPS) is 17.4. The van der Waals surface area contributed by atoms with Gasteiger partial charge in [0.15, 0.2) is 0 Å². The van der Waals surface area contributed by atoms with Crippen LogP contribution in [0.25, 0.3) is 0 Å². The van der Waals surface area contributed by atoms with Gasteiger partial charge in [0.05, 0.1) is 5.02 Å². The molecule has 2 aromatic rings. The summed E-state index contributed by atoms with van der Waals surface area (Å²) in [5.74, 6) is 2.02. The molecule has 0 unspecified atom stereocenters. The second-order valence-electron chi connectivity index (χ2n) is 7.95. The van der Waals surface area contributed by atoms with E-state index in [2.05, 4.69) is 14.9 Å². The summed E-state index contributed by atoms with van der Waals surface area (Å²) < 4.78 is 19.0. The summed E-state index contributed by atoms with van der Waals surface area (Å²) in [5.41, 5.74) is 0. The average Bonchev–Trinajstić information content (AvgIpc) is 3.29. The third kappa shape index (κ3) is 5.19. The van der Waals surface area contributed by atoms with E-state index >= 15 is 0 Å². The fourth-order valence-electron chi connectivity index (χ4n) is 4.19. The van der Waals surface area contributed by atoms with Crippen LogP contribution >= 0.6 is 11.6 Å². The topological polar surface area (TPSA) is 58.6 Å². The molecule has 0 radical (unpaired) electrons. The first kappa shape index (κ1) is 20.8. The highest BCUT2D eigenvalue weighted by Gasteiger charge is 2.24. The minimum atomic E-state index is -0.497. The van der Waals surface area contributed by atoms with Crippen LogP contribution in [0.2, 0.25) is 5.02 Å². The lowest BCUT2D eigenvalue weighted by Gasteiger charge is -2.35. The molecule has 30 heavy (non-hydrogen) atoms. The molecule has 1 saturated carbocycles. The van der Waals surface area contributed by atoms with Gasteiger partial charge in [-0.2, -0.15) is 0 Å². The van der Waals surface area contributed by atoms with Crippen LogP contribution in [0.5, 0.6) is 11.6 Å². The Morgan fingerprint density at radius 1 is 1.13 bits per heavy atom. The quantitative estimate of drug-likeness (QED) is 0.663. The lowest BCUT2D eigenvalue weighted by atomic mass is 10.0. The van der Waals surface area contributed by atoms with E-state index in [9.17, 15) is 9.18 Å². The van der Waals surface area contributed by atoms with Crippen molar-refractivity contribution in [2.24, 2.45) is 5.92 Å². The Labute approximate surface area is 181 Å². The highest BCUT2D eigenvalue weighted by atomic mass is 35.5. The van der Waals surface area contributed by atoms with Crippen LogP contribution in [0.1, 0.15) is 38.5 Å². The summed E-state index contributed by atoms with van der Waals surface area (Å²) in [6, 6.07) is 5.91. The van der Waals surface area contributed by atoms with Gasteiger partial charge in [-0.3, -0.25) is 4.79 Å². The van der Waals surface area contributed by atoms with E-state index in [0.717, 1.165) is 18.2 Å². The molecule has 1 aliphatic heterocycles. The largest absolute Gasteiger partial charge is 0.439 e. The molecule has 0 atom stereocenters. The number of amides is 1. The third-order valence-corrected chi connectivity index (χ3v) is 6.23. The van der Waals surface area contributed by atoms with Gasteiger partial charge in [-0.25, -0.2) is 14.4 Å². The summed E-state index contributed by atoms with van der Waals surface area (Å²) in [7, 11) is 0. The number of hydrogen-bond donors (Lipinski definition) is 0. The number of carbonyl (C=O) groups excluding carboxylic acids is 1. The zero-order valence-corrected chi connectivity index (χ0v) is 17.7. The van der Waals surface area contributed by atoms with Crippen LogP contribution in [0.15, 0.2) is 30.6 Å². The van der Waals surface area contributed by atoms with Crippen LogP contribution < -0.4 is 9.64 Å². The van der Waals surface area contributed by atoms with Crippen molar-refractivity contribution in [3.63, 3.8) is 0 Å². The SMILES string of the molecule is O=C(CCC1CCCC1)N1CCN(c2cc(Oc3ccc(F)c(Cl)c3)ncn2)CC1. The molecular weight excluding hydrogens is 407 g/mol. The maximum Gasteiger partial charge on any atom is 0.224 e. The van der Waals surface area contributed by atoms with Crippen molar-refractivity contribution < 1.29 is 13.9 Å².